The average molecular weight is 261 g/mol. The van der Waals surface area contributed by atoms with E-state index in [0.29, 0.717) is 0 Å². The molecule has 0 spiro atoms. The third-order valence-corrected chi connectivity index (χ3v) is 3.56. The molecule has 2 aromatic rings. The minimum atomic E-state index is 0.158. The van der Waals surface area contributed by atoms with Crippen molar-refractivity contribution in [3.05, 3.63) is 40.6 Å². The highest BCUT2D eigenvalue weighted by atomic mass is 16.3. The molecular weight excluding hydrogens is 238 g/mol. The van der Waals surface area contributed by atoms with Gasteiger partial charge in [-0.25, -0.2) is 0 Å². The summed E-state index contributed by atoms with van der Waals surface area (Å²) >= 11 is 0. The van der Waals surface area contributed by atoms with Crippen molar-refractivity contribution in [3.63, 3.8) is 0 Å². The molecule has 1 unspecified atom stereocenters. The number of aryl methyl sites for hydroxylation is 3. The van der Waals surface area contributed by atoms with Gasteiger partial charge in [-0.3, -0.25) is 4.68 Å². The molecule has 19 heavy (non-hydrogen) atoms. The van der Waals surface area contributed by atoms with Crippen LogP contribution < -0.4 is 5.32 Å². The van der Waals surface area contributed by atoms with Crippen molar-refractivity contribution in [2.24, 2.45) is 7.05 Å². The van der Waals surface area contributed by atoms with Crippen LogP contribution in [-0.2, 0) is 7.05 Å². The summed E-state index contributed by atoms with van der Waals surface area (Å²) in [7, 11) is 1.95. The lowest BCUT2D eigenvalue weighted by Gasteiger charge is -2.18. The van der Waals surface area contributed by atoms with E-state index in [1.165, 1.54) is 16.7 Å². The first-order valence-corrected chi connectivity index (χ1v) is 6.83. The first-order valence-electron chi connectivity index (χ1n) is 6.83. The lowest BCUT2D eigenvalue weighted by molar-refractivity contribution is 0.493. The van der Waals surface area contributed by atoms with Crippen LogP contribution in [0.25, 0.3) is 0 Å². The SMILES string of the molecule is CCCNC(c1cnn(C)c1)c1c(C)oc(C)c1C. The Balaban J connectivity index is 2.42. The maximum absolute atomic E-state index is 5.77. The van der Waals surface area contributed by atoms with Crippen LogP contribution in [0.3, 0.4) is 0 Å². The van der Waals surface area contributed by atoms with Crippen molar-refractivity contribution in [1.29, 1.82) is 0 Å². The number of hydrogen-bond acceptors (Lipinski definition) is 3. The van der Waals surface area contributed by atoms with Crippen molar-refractivity contribution in [3.8, 4) is 0 Å². The second kappa shape index (κ2) is 5.61. The molecule has 0 radical (unpaired) electrons. The molecule has 0 bridgehead atoms. The van der Waals surface area contributed by atoms with Gasteiger partial charge in [0, 0.05) is 24.4 Å². The van der Waals surface area contributed by atoms with E-state index in [2.05, 4.69) is 30.5 Å². The number of hydrogen-bond donors (Lipinski definition) is 1. The minimum absolute atomic E-state index is 0.158. The quantitative estimate of drug-likeness (QED) is 0.899. The third-order valence-electron chi connectivity index (χ3n) is 3.56. The highest BCUT2D eigenvalue weighted by Gasteiger charge is 2.23. The maximum atomic E-state index is 5.77. The van der Waals surface area contributed by atoms with Crippen molar-refractivity contribution >= 4 is 0 Å². The van der Waals surface area contributed by atoms with Crippen molar-refractivity contribution in [1.82, 2.24) is 15.1 Å². The van der Waals surface area contributed by atoms with Crippen LogP contribution in [-0.4, -0.2) is 16.3 Å². The second-order valence-electron chi connectivity index (χ2n) is 5.09. The molecule has 1 atom stereocenters. The van der Waals surface area contributed by atoms with Gasteiger partial charge in [0.05, 0.1) is 12.2 Å². The molecule has 0 saturated carbocycles. The van der Waals surface area contributed by atoms with Crippen LogP contribution in [0.5, 0.6) is 0 Å². The van der Waals surface area contributed by atoms with Crippen LogP contribution in [0.1, 0.15) is 47.6 Å². The lowest BCUT2D eigenvalue weighted by atomic mass is 9.97. The lowest BCUT2D eigenvalue weighted by Crippen LogP contribution is -2.23. The number of nitrogens with one attached hydrogen (secondary N) is 1. The fourth-order valence-electron chi connectivity index (χ4n) is 2.50. The van der Waals surface area contributed by atoms with Crippen LogP contribution >= 0.6 is 0 Å². The standard InChI is InChI=1S/C15H23N3O/c1-6-7-16-15(13-8-17-18(5)9-13)14-10(2)11(3)19-12(14)4/h8-9,15-16H,6-7H2,1-5H3. The van der Waals surface area contributed by atoms with Crippen LogP contribution in [0.2, 0.25) is 0 Å². The van der Waals surface area contributed by atoms with Gasteiger partial charge >= 0.3 is 0 Å². The fourth-order valence-corrected chi connectivity index (χ4v) is 2.50. The number of aromatic nitrogens is 2. The van der Waals surface area contributed by atoms with Gasteiger partial charge in [-0.1, -0.05) is 6.92 Å². The predicted molar refractivity (Wildman–Crippen MR) is 76.3 cm³/mol. The van der Waals surface area contributed by atoms with Gasteiger partial charge in [-0.05, 0) is 39.3 Å². The van der Waals surface area contributed by atoms with Crippen LogP contribution in [0, 0.1) is 20.8 Å². The molecule has 2 heterocycles. The van der Waals surface area contributed by atoms with E-state index in [1.807, 2.05) is 31.8 Å². The highest BCUT2D eigenvalue weighted by molar-refractivity contribution is 5.39. The van der Waals surface area contributed by atoms with Crippen molar-refractivity contribution < 1.29 is 4.42 Å². The number of furan rings is 1. The smallest absolute Gasteiger partial charge is 0.106 e. The molecule has 0 fully saturated rings. The molecule has 2 rings (SSSR count). The molecule has 4 nitrogen and oxygen atoms in total. The molecule has 0 amide bonds. The Labute approximate surface area is 114 Å². The zero-order chi connectivity index (χ0) is 14.0. The largest absolute Gasteiger partial charge is 0.466 e. The molecule has 104 valence electrons. The summed E-state index contributed by atoms with van der Waals surface area (Å²) in [5.74, 6) is 1.99. The Morgan fingerprint density at radius 3 is 2.53 bits per heavy atom. The van der Waals surface area contributed by atoms with Gasteiger partial charge < -0.3 is 9.73 Å². The Hall–Kier alpha value is -1.55. The Kier molecular flexibility index (Phi) is 4.10. The second-order valence-corrected chi connectivity index (χ2v) is 5.09. The molecule has 2 aromatic heterocycles. The number of nitrogens with zero attached hydrogens (tertiary/aromatic N) is 2. The summed E-state index contributed by atoms with van der Waals surface area (Å²) < 4.78 is 7.61. The molecule has 1 N–H and O–H groups in total. The molecule has 0 aliphatic rings. The van der Waals surface area contributed by atoms with Gasteiger partial charge in [0.15, 0.2) is 0 Å². The molecule has 4 heteroatoms. The van der Waals surface area contributed by atoms with Gasteiger partial charge in [-0.2, -0.15) is 5.10 Å². The van der Waals surface area contributed by atoms with E-state index in [4.69, 9.17) is 4.42 Å². The molecular formula is C15H23N3O. The molecule has 0 aliphatic carbocycles. The zero-order valence-corrected chi connectivity index (χ0v) is 12.4. The summed E-state index contributed by atoms with van der Waals surface area (Å²) in [4.78, 5) is 0. The van der Waals surface area contributed by atoms with Crippen LogP contribution in [0.4, 0.5) is 0 Å². The van der Waals surface area contributed by atoms with E-state index in [-0.39, 0.29) is 6.04 Å². The summed E-state index contributed by atoms with van der Waals surface area (Å²) in [6, 6.07) is 0.158. The van der Waals surface area contributed by atoms with Gasteiger partial charge in [0.2, 0.25) is 0 Å². The first-order chi connectivity index (χ1) is 9.04. The Bertz CT molecular complexity index is 554. The van der Waals surface area contributed by atoms with Gasteiger partial charge in [-0.15, -0.1) is 0 Å². The minimum Gasteiger partial charge on any atom is -0.466 e. The monoisotopic (exact) mass is 261 g/mol. The average Bonchev–Trinajstić information content (AvgIpc) is 2.88. The van der Waals surface area contributed by atoms with E-state index in [9.17, 15) is 0 Å². The number of rotatable bonds is 5. The highest BCUT2D eigenvalue weighted by Crippen LogP contribution is 2.31. The van der Waals surface area contributed by atoms with E-state index >= 15 is 0 Å². The fraction of sp³-hybridized carbons (Fsp3) is 0.533. The van der Waals surface area contributed by atoms with Gasteiger partial charge in [0.1, 0.15) is 11.5 Å². The third kappa shape index (κ3) is 2.73. The van der Waals surface area contributed by atoms with Crippen molar-refractivity contribution in [2.75, 3.05) is 6.54 Å². The molecule has 0 aromatic carbocycles. The predicted octanol–water partition coefficient (Wildman–Crippen LogP) is 3.03. The summed E-state index contributed by atoms with van der Waals surface area (Å²) in [5.41, 5.74) is 3.66. The first kappa shape index (κ1) is 13.9. The van der Waals surface area contributed by atoms with Gasteiger partial charge in [0.25, 0.3) is 0 Å². The molecule has 0 aliphatic heterocycles. The van der Waals surface area contributed by atoms with E-state index in [0.717, 1.165) is 24.5 Å². The summed E-state index contributed by atoms with van der Waals surface area (Å²) in [5, 5.41) is 7.88. The van der Waals surface area contributed by atoms with E-state index in [1.54, 1.807) is 0 Å². The normalized spacial score (nSPS) is 12.9. The summed E-state index contributed by atoms with van der Waals surface area (Å²) in [6.07, 6.45) is 5.09. The summed E-state index contributed by atoms with van der Waals surface area (Å²) in [6.45, 7) is 9.33. The molecule has 0 saturated heterocycles. The van der Waals surface area contributed by atoms with Crippen LogP contribution in [0.15, 0.2) is 16.8 Å². The topological polar surface area (TPSA) is 43.0 Å². The maximum Gasteiger partial charge on any atom is 0.106 e. The van der Waals surface area contributed by atoms with Crippen molar-refractivity contribution in [2.45, 2.75) is 40.2 Å². The Morgan fingerprint density at radius 2 is 2.05 bits per heavy atom. The van der Waals surface area contributed by atoms with E-state index < -0.39 is 0 Å². The Morgan fingerprint density at radius 1 is 1.32 bits per heavy atom. The zero-order valence-electron chi connectivity index (χ0n) is 12.4.